The number of rotatable bonds is 9. The molecule has 4 rings (SSSR count). The summed E-state index contributed by atoms with van der Waals surface area (Å²) in [5.74, 6) is 2.21. The Bertz CT molecular complexity index is 1090. The predicted molar refractivity (Wildman–Crippen MR) is 133 cm³/mol. The minimum atomic E-state index is -0.432. The minimum absolute atomic E-state index is 0.0737. The van der Waals surface area contributed by atoms with Crippen molar-refractivity contribution in [3.8, 4) is 28.7 Å². The average molecular weight is 499 g/mol. The highest BCUT2D eigenvalue weighted by Gasteiger charge is 2.41. The van der Waals surface area contributed by atoms with Crippen LogP contribution in [-0.2, 0) is 4.79 Å². The molecule has 36 heavy (non-hydrogen) atoms. The summed E-state index contributed by atoms with van der Waals surface area (Å²) in [6.45, 7) is 5.62. The summed E-state index contributed by atoms with van der Waals surface area (Å²) < 4.78 is 27.4. The first-order valence-corrected chi connectivity index (χ1v) is 12.1. The van der Waals surface area contributed by atoms with Gasteiger partial charge >= 0.3 is 0 Å². The Morgan fingerprint density at radius 1 is 1.00 bits per heavy atom. The van der Waals surface area contributed by atoms with Crippen molar-refractivity contribution in [2.75, 3.05) is 47.8 Å². The van der Waals surface area contributed by atoms with Crippen LogP contribution in [-0.4, -0.2) is 64.5 Å². The van der Waals surface area contributed by atoms with Gasteiger partial charge in [-0.2, -0.15) is 0 Å². The number of fused-ring (bicyclic) bond motifs is 1. The number of ether oxygens (including phenoxy) is 5. The molecule has 0 aromatic heterocycles. The fourth-order valence-corrected chi connectivity index (χ4v) is 4.72. The lowest BCUT2D eigenvalue weighted by Crippen LogP contribution is -2.36. The number of methoxy groups -OCH3 is 3. The molecule has 0 bridgehead atoms. The smallest absolute Gasteiger partial charge is 0.254 e. The maximum Gasteiger partial charge on any atom is 0.254 e. The Morgan fingerprint density at radius 2 is 1.69 bits per heavy atom. The Morgan fingerprint density at radius 3 is 2.33 bits per heavy atom. The second kappa shape index (κ2) is 11.0. The molecule has 194 valence electrons. The van der Waals surface area contributed by atoms with E-state index in [9.17, 15) is 9.59 Å². The first-order chi connectivity index (χ1) is 17.4. The van der Waals surface area contributed by atoms with Crippen LogP contribution >= 0.6 is 0 Å². The summed E-state index contributed by atoms with van der Waals surface area (Å²) in [6.07, 6.45) is 0.882. The highest BCUT2D eigenvalue weighted by molar-refractivity contribution is 5.96. The molecule has 1 saturated heterocycles. The topological polar surface area (TPSA) is 95.6 Å². The molecule has 0 aliphatic carbocycles. The fraction of sp³-hybridized carbons (Fsp3) is 0.481. The third-order valence-electron chi connectivity index (χ3n) is 6.70. The molecule has 2 aliphatic heterocycles. The fourth-order valence-electron chi connectivity index (χ4n) is 4.72. The van der Waals surface area contributed by atoms with Gasteiger partial charge in [-0.05, 0) is 48.2 Å². The molecule has 2 heterocycles. The van der Waals surface area contributed by atoms with Gasteiger partial charge in [-0.25, -0.2) is 0 Å². The SMILES string of the molecule is COc1cc([C@H]2CN(C(=O)c3ccc4c(c3)OCO4)C[C@@H]2C(=O)NCCC(C)C)cc(OC)c1OC. The lowest BCUT2D eigenvalue weighted by atomic mass is 9.87. The van der Waals surface area contributed by atoms with Gasteiger partial charge in [0.2, 0.25) is 18.4 Å². The van der Waals surface area contributed by atoms with Crippen molar-refractivity contribution in [3.63, 3.8) is 0 Å². The zero-order valence-electron chi connectivity index (χ0n) is 21.5. The van der Waals surface area contributed by atoms with E-state index in [1.807, 2.05) is 12.1 Å². The normalized spacial score (nSPS) is 18.3. The summed E-state index contributed by atoms with van der Waals surface area (Å²) >= 11 is 0. The van der Waals surface area contributed by atoms with E-state index in [-0.39, 0.29) is 24.5 Å². The molecule has 2 aliphatic rings. The third-order valence-corrected chi connectivity index (χ3v) is 6.70. The number of nitrogens with one attached hydrogen (secondary N) is 1. The van der Waals surface area contributed by atoms with Crippen LogP contribution in [0.3, 0.4) is 0 Å². The van der Waals surface area contributed by atoms with Crippen LogP contribution in [0.5, 0.6) is 28.7 Å². The van der Waals surface area contributed by atoms with Crippen LogP contribution in [0.1, 0.15) is 42.1 Å². The zero-order chi connectivity index (χ0) is 25.8. The lowest BCUT2D eigenvalue weighted by molar-refractivity contribution is -0.124. The largest absolute Gasteiger partial charge is 0.493 e. The van der Waals surface area contributed by atoms with Crippen molar-refractivity contribution in [2.45, 2.75) is 26.2 Å². The maximum atomic E-state index is 13.5. The Hall–Kier alpha value is -3.62. The van der Waals surface area contributed by atoms with Gasteiger partial charge in [-0.15, -0.1) is 0 Å². The minimum Gasteiger partial charge on any atom is -0.493 e. The van der Waals surface area contributed by atoms with Crippen LogP contribution in [0, 0.1) is 11.8 Å². The highest BCUT2D eigenvalue weighted by atomic mass is 16.7. The van der Waals surface area contributed by atoms with E-state index in [1.165, 1.54) is 0 Å². The Kier molecular flexibility index (Phi) is 7.76. The Balaban J connectivity index is 1.64. The van der Waals surface area contributed by atoms with Crippen LogP contribution in [0.25, 0.3) is 0 Å². The summed E-state index contributed by atoms with van der Waals surface area (Å²) in [5, 5.41) is 3.07. The van der Waals surface area contributed by atoms with Gasteiger partial charge in [0, 0.05) is 31.1 Å². The number of nitrogens with zero attached hydrogens (tertiary/aromatic N) is 1. The van der Waals surface area contributed by atoms with Gasteiger partial charge < -0.3 is 33.9 Å². The number of carbonyl (C=O) groups is 2. The molecule has 2 aromatic rings. The van der Waals surface area contributed by atoms with E-state index in [1.54, 1.807) is 44.4 Å². The van der Waals surface area contributed by atoms with Crippen molar-refractivity contribution in [3.05, 3.63) is 41.5 Å². The number of likely N-dealkylation sites (tertiary alicyclic amines) is 1. The number of hydrogen-bond donors (Lipinski definition) is 1. The van der Waals surface area contributed by atoms with E-state index in [0.717, 1.165) is 12.0 Å². The highest BCUT2D eigenvalue weighted by Crippen LogP contribution is 2.43. The standard InChI is InChI=1S/C27H34N2O7/c1-16(2)8-9-28-26(30)20-14-29(27(31)17-6-7-21-22(10-17)36-15-35-21)13-19(20)18-11-23(32-3)25(34-5)24(12-18)33-4/h6-7,10-12,16,19-20H,8-9,13-15H2,1-5H3,(H,28,30)/t19-,20+/m1/s1. The number of amides is 2. The van der Waals surface area contributed by atoms with E-state index in [4.69, 9.17) is 23.7 Å². The van der Waals surface area contributed by atoms with Crippen molar-refractivity contribution >= 4 is 11.8 Å². The lowest BCUT2D eigenvalue weighted by Gasteiger charge is -2.21. The second-order valence-electron chi connectivity index (χ2n) is 9.42. The molecule has 0 spiro atoms. The van der Waals surface area contributed by atoms with Gasteiger partial charge in [0.1, 0.15) is 0 Å². The van der Waals surface area contributed by atoms with Crippen molar-refractivity contribution in [1.82, 2.24) is 10.2 Å². The molecule has 1 N–H and O–H groups in total. The molecular weight excluding hydrogens is 464 g/mol. The average Bonchev–Trinajstić information content (AvgIpc) is 3.54. The van der Waals surface area contributed by atoms with Crippen LogP contribution in [0.2, 0.25) is 0 Å². The molecule has 0 saturated carbocycles. The first-order valence-electron chi connectivity index (χ1n) is 12.1. The van der Waals surface area contributed by atoms with Gasteiger partial charge in [0.15, 0.2) is 23.0 Å². The first kappa shape index (κ1) is 25.5. The molecule has 0 unspecified atom stereocenters. The monoisotopic (exact) mass is 498 g/mol. The van der Waals surface area contributed by atoms with Gasteiger partial charge in [0.05, 0.1) is 27.2 Å². The Labute approximate surface area is 211 Å². The summed E-state index contributed by atoms with van der Waals surface area (Å²) in [6, 6.07) is 8.86. The van der Waals surface area contributed by atoms with Crippen LogP contribution < -0.4 is 29.0 Å². The zero-order valence-corrected chi connectivity index (χ0v) is 21.5. The van der Waals surface area contributed by atoms with Gasteiger partial charge in [-0.1, -0.05) is 13.8 Å². The number of carbonyl (C=O) groups excluding carboxylic acids is 2. The van der Waals surface area contributed by atoms with E-state index in [0.29, 0.717) is 59.9 Å². The summed E-state index contributed by atoms with van der Waals surface area (Å²) in [7, 11) is 4.66. The molecule has 2 aromatic carbocycles. The van der Waals surface area contributed by atoms with Crippen LogP contribution in [0.15, 0.2) is 30.3 Å². The van der Waals surface area contributed by atoms with Crippen LogP contribution in [0.4, 0.5) is 0 Å². The van der Waals surface area contributed by atoms with Crippen molar-refractivity contribution in [1.29, 1.82) is 0 Å². The van der Waals surface area contributed by atoms with Crippen molar-refractivity contribution < 1.29 is 33.3 Å². The van der Waals surface area contributed by atoms with E-state index >= 15 is 0 Å². The molecular formula is C27H34N2O7. The van der Waals surface area contributed by atoms with Crippen molar-refractivity contribution in [2.24, 2.45) is 11.8 Å². The van der Waals surface area contributed by atoms with E-state index in [2.05, 4.69) is 19.2 Å². The van der Waals surface area contributed by atoms with E-state index < -0.39 is 5.92 Å². The van der Waals surface area contributed by atoms with Gasteiger partial charge in [-0.3, -0.25) is 9.59 Å². The maximum absolute atomic E-state index is 13.5. The predicted octanol–water partition coefficient (Wildman–Crippen LogP) is 3.46. The molecule has 0 radical (unpaired) electrons. The molecule has 9 nitrogen and oxygen atoms in total. The van der Waals surface area contributed by atoms with Gasteiger partial charge in [0.25, 0.3) is 5.91 Å². The quantitative estimate of drug-likeness (QED) is 0.566. The molecule has 1 fully saturated rings. The molecule has 2 atom stereocenters. The second-order valence-corrected chi connectivity index (χ2v) is 9.42. The third kappa shape index (κ3) is 5.15. The molecule has 2 amide bonds. The summed E-state index contributed by atoms with van der Waals surface area (Å²) in [5.41, 5.74) is 1.33. The molecule has 9 heteroatoms. The summed E-state index contributed by atoms with van der Waals surface area (Å²) in [4.78, 5) is 28.5. The number of hydrogen-bond acceptors (Lipinski definition) is 7. The number of benzene rings is 2.